The molecule has 1 saturated carbocycles. The molecule has 0 aliphatic heterocycles. The fraction of sp³-hybridized carbons (Fsp3) is 0.533. The Kier molecular flexibility index (Phi) is 5.57. The molecule has 0 atom stereocenters. The highest BCUT2D eigenvalue weighted by Crippen LogP contribution is 2.27. The molecule has 0 heterocycles. The molecule has 0 saturated heterocycles. The first-order valence-electron chi connectivity index (χ1n) is 7.01. The summed E-state index contributed by atoms with van der Waals surface area (Å²) in [5.41, 5.74) is 1.90. The quantitative estimate of drug-likeness (QED) is 0.801. The van der Waals surface area contributed by atoms with Gasteiger partial charge in [0.15, 0.2) is 0 Å². The van der Waals surface area contributed by atoms with Crippen LogP contribution in [-0.4, -0.2) is 41.7 Å². The SMILES string of the molecule is Cc1cc(Br)ccc1NC(=O)CN(CCCO)C1CC1. The van der Waals surface area contributed by atoms with Crippen LogP contribution in [0.3, 0.4) is 0 Å². The summed E-state index contributed by atoms with van der Waals surface area (Å²) in [6, 6.07) is 6.35. The molecule has 2 N–H and O–H groups in total. The Labute approximate surface area is 128 Å². The molecule has 20 heavy (non-hydrogen) atoms. The summed E-state index contributed by atoms with van der Waals surface area (Å²) < 4.78 is 1.01. The van der Waals surface area contributed by atoms with Gasteiger partial charge in [0.1, 0.15) is 0 Å². The minimum absolute atomic E-state index is 0.0141. The number of hydrogen-bond donors (Lipinski definition) is 2. The summed E-state index contributed by atoms with van der Waals surface area (Å²) in [5, 5.41) is 11.9. The van der Waals surface area contributed by atoms with E-state index in [1.165, 1.54) is 0 Å². The Morgan fingerprint density at radius 1 is 1.50 bits per heavy atom. The molecule has 2 rings (SSSR count). The van der Waals surface area contributed by atoms with E-state index in [-0.39, 0.29) is 12.5 Å². The minimum Gasteiger partial charge on any atom is -0.396 e. The van der Waals surface area contributed by atoms with Crippen molar-refractivity contribution in [3.63, 3.8) is 0 Å². The lowest BCUT2D eigenvalue weighted by Crippen LogP contribution is -2.36. The summed E-state index contributed by atoms with van der Waals surface area (Å²) in [4.78, 5) is 14.3. The maximum atomic E-state index is 12.1. The van der Waals surface area contributed by atoms with E-state index in [0.717, 1.165) is 41.5 Å². The van der Waals surface area contributed by atoms with Crippen LogP contribution in [0.15, 0.2) is 22.7 Å². The summed E-state index contributed by atoms with van der Waals surface area (Å²) in [7, 11) is 0. The number of carbonyl (C=O) groups is 1. The second-order valence-corrected chi connectivity index (χ2v) is 6.20. The van der Waals surface area contributed by atoms with Crippen LogP contribution in [0.5, 0.6) is 0 Å². The number of carbonyl (C=O) groups excluding carboxylic acids is 1. The maximum Gasteiger partial charge on any atom is 0.238 e. The number of nitrogens with one attached hydrogen (secondary N) is 1. The third-order valence-corrected chi connectivity index (χ3v) is 3.97. The van der Waals surface area contributed by atoms with Crippen LogP contribution in [0.1, 0.15) is 24.8 Å². The van der Waals surface area contributed by atoms with Crippen LogP contribution in [0, 0.1) is 6.92 Å². The third-order valence-electron chi connectivity index (χ3n) is 3.48. The molecule has 0 spiro atoms. The van der Waals surface area contributed by atoms with Gasteiger partial charge in [0.2, 0.25) is 5.91 Å². The predicted octanol–water partition coefficient (Wildman–Crippen LogP) is 2.54. The van der Waals surface area contributed by atoms with Crippen molar-refractivity contribution in [2.45, 2.75) is 32.2 Å². The molecule has 1 amide bonds. The van der Waals surface area contributed by atoms with Crippen molar-refractivity contribution in [3.05, 3.63) is 28.2 Å². The van der Waals surface area contributed by atoms with E-state index in [1.807, 2.05) is 25.1 Å². The Balaban J connectivity index is 1.90. The monoisotopic (exact) mass is 340 g/mol. The number of anilines is 1. The Bertz CT molecular complexity index is 475. The zero-order valence-corrected chi connectivity index (χ0v) is 13.3. The zero-order valence-electron chi connectivity index (χ0n) is 11.7. The van der Waals surface area contributed by atoms with Gasteiger partial charge < -0.3 is 10.4 Å². The first-order chi connectivity index (χ1) is 9.60. The molecule has 1 aromatic rings. The van der Waals surface area contributed by atoms with Gasteiger partial charge in [-0.1, -0.05) is 15.9 Å². The van der Waals surface area contributed by atoms with Gasteiger partial charge in [-0.25, -0.2) is 0 Å². The van der Waals surface area contributed by atoms with Crippen molar-refractivity contribution in [2.24, 2.45) is 0 Å². The number of nitrogens with zero attached hydrogens (tertiary/aromatic N) is 1. The Morgan fingerprint density at radius 2 is 2.25 bits per heavy atom. The Morgan fingerprint density at radius 3 is 2.85 bits per heavy atom. The van der Waals surface area contributed by atoms with Crippen molar-refractivity contribution < 1.29 is 9.90 Å². The van der Waals surface area contributed by atoms with Crippen molar-refractivity contribution >= 4 is 27.5 Å². The number of amides is 1. The zero-order chi connectivity index (χ0) is 14.5. The van der Waals surface area contributed by atoms with Gasteiger partial charge in [0.05, 0.1) is 6.54 Å². The highest BCUT2D eigenvalue weighted by atomic mass is 79.9. The average molecular weight is 341 g/mol. The van der Waals surface area contributed by atoms with E-state index in [0.29, 0.717) is 12.6 Å². The lowest BCUT2D eigenvalue weighted by atomic mass is 10.2. The predicted molar refractivity (Wildman–Crippen MR) is 83.8 cm³/mol. The third kappa shape index (κ3) is 4.58. The molecule has 1 aliphatic carbocycles. The van der Waals surface area contributed by atoms with Gasteiger partial charge in [0.25, 0.3) is 0 Å². The van der Waals surface area contributed by atoms with Gasteiger partial charge in [-0.3, -0.25) is 9.69 Å². The number of benzene rings is 1. The van der Waals surface area contributed by atoms with E-state index in [9.17, 15) is 4.79 Å². The van der Waals surface area contributed by atoms with E-state index >= 15 is 0 Å². The first-order valence-corrected chi connectivity index (χ1v) is 7.80. The summed E-state index contributed by atoms with van der Waals surface area (Å²) in [5.74, 6) is 0.0141. The lowest BCUT2D eigenvalue weighted by molar-refractivity contribution is -0.117. The van der Waals surface area contributed by atoms with Crippen LogP contribution in [0.4, 0.5) is 5.69 Å². The van der Waals surface area contributed by atoms with Crippen LogP contribution in [-0.2, 0) is 4.79 Å². The highest BCUT2D eigenvalue weighted by Gasteiger charge is 2.29. The molecule has 5 heteroatoms. The number of rotatable bonds is 7. The molecule has 1 aromatic carbocycles. The molecule has 0 aromatic heterocycles. The fourth-order valence-corrected chi connectivity index (χ4v) is 2.72. The van der Waals surface area contributed by atoms with E-state index in [4.69, 9.17) is 5.11 Å². The molecule has 110 valence electrons. The second-order valence-electron chi connectivity index (χ2n) is 5.29. The van der Waals surface area contributed by atoms with Crippen molar-refractivity contribution in [1.29, 1.82) is 0 Å². The molecule has 0 unspecified atom stereocenters. The maximum absolute atomic E-state index is 12.1. The van der Waals surface area contributed by atoms with E-state index in [1.54, 1.807) is 0 Å². The van der Waals surface area contributed by atoms with Crippen LogP contribution in [0.25, 0.3) is 0 Å². The van der Waals surface area contributed by atoms with Gasteiger partial charge in [-0.05, 0) is 49.9 Å². The van der Waals surface area contributed by atoms with Crippen molar-refractivity contribution in [2.75, 3.05) is 25.0 Å². The molecule has 0 radical (unpaired) electrons. The molecular weight excluding hydrogens is 320 g/mol. The standard InChI is InChI=1S/C15H21BrN2O2/c1-11-9-12(16)3-6-14(11)17-15(20)10-18(7-2-8-19)13-4-5-13/h3,6,9,13,19H,2,4-5,7-8,10H2,1H3,(H,17,20). The van der Waals surface area contributed by atoms with E-state index < -0.39 is 0 Å². The van der Waals surface area contributed by atoms with Gasteiger partial charge in [-0.15, -0.1) is 0 Å². The lowest BCUT2D eigenvalue weighted by Gasteiger charge is -2.21. The number of aliphatic hydroxyl groups is 1. The number of aliphatic hydroxyl groups excluding tert-OH is 1. The molecule has 0 bridgehead atoms. The van der Waals surface area contributed by atoms with Gasteiger partial charge in [0, 0.05) is 29.4 Å². The molecular formula is C15H21BrN2O2. The average Bonchev–Trinajstić information content (AvgIpc) is 3.22. The smallest absolute Gasteiger partial charge is 0.238 e. The van der Waals surface area contributed by atoms with Crippen LogP contribution >= 0.6 is 15.9 Å². The second kappa shape index (κ2) is 7.20. The number of hydrogen-bond acceptors (Lipinski definition) is 3. The summed E-state index contributed by atoms with van der Waals surface area (Å²) in [6.45, 7) is 3.34. The Hall–Kier alpha value is -0.910. The topological polar surface area (TPSA) is 52.6 Å². The van der Waals surface area contributed by atoms with Gasteiger partial charge >= 0.3 is 0 Å². The minimum atomic E-state index is 0.0141. The largest absolute Gasteiger partial charge is 0.396 e. The van der Waals surface area contributed by atoms with Crippen molar-refractivity contribution in [3.8, 4) is 0 Å². The van der Waals surface area contributed by atoms with Crippen molar-refractivity contribution in [1.82, 2.24) is 4.90 Å². The summed E-state index contributed by atoms with van der Waals surface area (Å²) in [6.07, 6.45) is 3.05. The number of halogens is 1. The highest BCUT2D eigenvalue weighted by molar-refractivity contribution is 9.10. The normalized spacial score (nSPS) is 14.6. The van der Waals surface area contributed by atoms with E-state index in [2.05, 4.69) is 26.1 Å². The molecule has 1 aliphatic rings. The molecule has 1 fully saturated rings. The fourth-order valence-electron chi connectivity index (χ4n) is 2.25. The van der Waals surface area contributed by atoms with Crippen LogP contribution in [0.2, 0.25) is 0 Å². The number of aryl methyl sites for hydroxylation is 1. The van der Waals surface area contributed by atoms with Crippen LogP contribution < -0.4 is 5.32 Å². The molecule has 4 nitrogen and oxygen atoms in total. The summed E-state index contributed by atoms with van der Waals surface area (Å²) >= 11 is 3.41. The van der Waals surface area contributed by atoms with Gasteiger partial charge in [-0.2, -0.15) is 0 Å². The first kappa shape index (κ1) is 15.5.